The van der Waals surface area contributed by atoms with Crippen LogP contribution in [0.2, 0.25) is 0 Å². The summed E-state index contributed by atoms with van der Waals surface area (Å²) < 4.78 is 2.53. The summed E-state index contributed by atoms with van der Waals surface area (Å²) in [5.41, 5.74) is 4.76. The van der Waals surface area contributed by atoms with Crippen molar-refractivity contribution in [2.75, 3.05) is 13.1 Å². The van der Waals surface area contributed by atoms with Gasteiger partial charge in [0.2, 0.25) is 0 Å². The second-order valence-electron chi connectivity index (χ2n) is 7.53. The van der Waals surface area contributed by atoms with Crippen LogP contribution in [0.25, 0.3) is 0 Å². The fourth-order valence-electron chi connectivity index (χ4n) is 5.30. The van der Waals surface area contributed by atoms with Crippen molar-refractivity contribution in [3.63, 3.8) is 0 Å². The molecule has 0 saturated carbocycles. The number of aromatic nitrogens is 1. The van der Waals surface area contributed by atoms with Crippen molar-refractivity contribution in [1.29, 1.82) is 0 Å². The molecular weight excluding hydrogens is 280 g/mol. The van der Waals surface area contributed by atoms with Gasteiger partial charge in [-0.25, -0.2) is 0 Å². The zero-order chi connectivity index (χ0) is 16.2. The normalized spacial score (nSPS) is 26.9. The molecule has 5 rings (SSSR count). The third-order valence-electron chi connectivity index (χ3n) is 6.13. The molecule has 0 saturated heterocycles. The highest BCUT2D eigenvalue weighted by Gasteiger charge is 2.60. The van der Waals surface area contributed by atoms with Gasteiger partial charge in [-0.1, -0.05) is 58.0 Å². The van der Waals surface area contributed by atoms with E-state index < -0.39 is 0 Å². The Kier molecular flexibility index (Phi) is 3.35. The number of benzene rings is 1. The van der Waals surface area contributed by atoms with Gasteiger partial charge in [-0.15, -0.1) is 0 Å². The molecule has 2 nitrogen and oxygen atoms in total. The third kappa shape index (κ3) is 1.88. The minimum atomic E-state index is 0.212. The average molecular weight is 307 g/mol. The number of hydrogen-bond donors (Lipinski definition) is 0. The van der Waals surface area contributed by atoms with Crippen molar-refractivity contribution in [3.8, 4) is 0 Å². The van der Waals surface area contributed by atoms with Gasteiger partial charge in [0.25, 0.3) is 0 Å². The molecule has 1 aromatic carbocycles. The van der Waals surface area contributed by atoms with E-state index in [1.807, 2.05) is 0 Å². The lowest BCUT2D eigenvalue weighted by Gasteiger charge is -2.54. The van der Waals surface area contributed by atoms with E-state index in [-0.39, 0.29) is 5.41 Å². The topological polar surface area (TPSA) is 7.12 Å². The molecule has 120 valence electrons. The van der Waals surface area contributed by atoms with Crippen LogP contribution in [-0.2, 0) is 0 Å². The lowest BCUT2D eigenvalue weighted by atomic mass is 9.58. The molecule has 3 unspecified atom stereocenters. The maximum atomic E-state index is 2.67. The Morgan fingerprint density at radius 1 is 0.957 bits per heavy atom. The van der Waals surface area contributed by atoms with Gasteiger partial charge >= 0.3 is 0 Å². The number of likely N-dealkylation sites (N-methyl/N-ethyl adjacent to an activating group) is 1. The van der Waals surface area contributed by atoms with Gasteiger partial charge < -0.3 is 0 Å². The number of hydrogen-bond acceptors (Lipinski definition) is 1. The van der Waals surface area contributed by atoms with Crippen LogP contribution < -0.4 is 4.57 Å². The zero-order valence-corrected chi connectivity index (χ0v) is 14.7. The molecule has 0 fully saturated rings. The Balaban J connectivity index is 2.01. The van der Waals surface area contributed by atoms with Crippen LogP contribution >= 0.6 is 0 Å². The number of nitrogens with zero attached hydrogens (tertiary/aromatic N) is 2. The molecule has 3 aliphatic rings. The number of pyridine rings is 1. The summed E-state index contributed by atoms with van der Waals surface area (Å²) in [5, 5.41) is 0. The minimum Gasteiger partial charge on any atom is -0.299 e. The molecule has 0 N–H and O–H groups in total. The van der Waals surface area contributed by atoms with Crippen molar-refractivity contribution in [1.82, 2.24) is 4.90 Å². The van der Waals surface area contributed by atoms with E-state index in [4.69, 9.17) is 0 Å². The summed E-state index contributed by atoms with van der Waals surface area (Å²) in [6.45, 7) is 11.8. The second-order valence-corrected chi connectivity index (χ2v) is 7.53. The third-order valence-corrected chi connectivity index (χ3v) is 6.13. The predicted molar refractivity (Wildman–Crippen MR) is 93.6 cm³/mol. The molecule has 3 atom stereocenters. The lowest BCUT2D eigenvalue weighted by molar-refractivity contribution is -0.746. The fourth-order valence-corrected chi connectivity index (χ4v) is 5.30. The number of fused-ring (bicyclic) bond motifs is 1. The highest BCUT2D eigenvalue weighted by Crippen LogP contribution is 2.55. The molecule has 2 heteroatoms. The summed E-state index contributed by atoms with van der Waals surface area (Å²) in [6.07, 6.45) is 2.28. The van der Waals surface area contributed by atoms with Gasteiger partial charge in [0, 0.05) is 29.2 Å². The van der Waals surface area contributed by atoms with Gasteiger partial charge in [-0.3, -0.25) is 4.90 Å². The monoisotopic (exact) mass is 307 g/mol. The van der Waals surface area contributed by atoms with Crippen LogP contribution in [0.5, 0.6) is 0 Å². The van der Waals surface area contributed by atoms with Crippen molar-refractivity contribution in [2.45, 2.75) is 45.7 Å². The highest BCUT2D eigenvalue weighted by molar-refractivity contribution is 5.44. The maximum Gasteiger partial charge on any atom is 0.191 e. The van der Waals surface area contributed by atoms with Crippen molar-refractivity contribution in [2.24, 2.45) is 5.41 Å². The first-order valence-corrected chi connectivity index (χ1v) is 8.94. The molecule has 0 radical (unpaired) electrons. The van der Waals surface area contributed by atoms with Crippen LogP contribution in [-0.4, -0.2) is 24.0 Å². The van der Waals surface area contributed by atoms with E-state index >= 15 is 0 Å². The Hall–Kier alpha value is -1.67. The molecule has 1 aromatic heterocycles. The molecule has 2 bridgehead atoms. The van der Waals surface area contributed by atoms with Crippen LogP contribution in [0.1, 0.15) is 56.5 Å². The summed E-state index contributed by atoms with van der Waals surface area (Å²) in [7, 11) is 0. The van der Waals surface area contributed by atoms with Crippen LogP contribution in [0.15, 0.2) is 48.7 Å². The van der Waals surface area contributed by atoms with Crippen LogP contribution in [0, 0.1) is 5.41 Å². The van der Waals surface area contributed by atoms with E-state index in [0.717, 1.165) is 13.1 Å². The number of rotatable bonds is 3. The molecule has 0 amide bonds. The van der Waals surface area contributed by atoms with Crippen molar-refractivity contribution >= 4 is 0 Å². The molecule has 2 aromatic rings. The fraction of sp³-hybridized carbons (Fsp3) is 0.476. The highest BCUT2D eigenvalue weighted by atomic mass is 15.2. The van der Waals surface area contributed by atoms with E-state index in [9.17, 15) is 0 Å². The Morgan fingerprint density at radius 3 is 2.30 bits per heavy atom. The van der Waals surface area contributed by atoms with Gasteiger partial charge in [0.1, 0.15) is 0 Å². The lowest BCUT2D eigenvalue weighted by Crippen LogP contribution is -2.68. The zero-order valence-electron chi connectivity index (χ0n) is 14.7. The summed E-state index contributed by atoms with van der Waals surface area (Å²) >= 11 is 0. The molecule has 1 aliphatic carbocycles. The molecule has 0 spiro atoms. The Morgan fingerprint density at radius 2 is 1.61 bits per heavy atom. The van der Waals surface area contributed by atoms with E-state index in [1.54, 1.807) is 5.56 Å². The van der Waals surface area contributed by atoms with Gasteiger partial charge in [-0.05, 0) is 18.7 Å². The van der Waals surface area contributed by atoms with E-state index in [0.29, 0.717) is 18.0 Å². The molecule has 23 heavy (non-hydrogen) atoms. The first-order valence-electron chi connectivity index (χ1n) is 8.94. The van der Waals surface area contributed by atoms with Crippen molar-refractivity contribution < 1.29 is 4.57 Å². The molecular formula is C21H27N2+. The second kappa shape index (κ2) is 5.17. The van der Waals surface area contributed by atoms with Crippen LogP contribution in [0.3, 0.4) is 0 Å². The van der Waals surface area contributed by atoms with Gasteiger partial charge in [0.05, 0.1) is 5.92 Å². The largest absolute Gasteiger partial charge is 0.299 e. The Bertz CT molecular complexity index is 683. The first kappa shape index (κ1) is 14.9. The first-order chi connectivity index (χ1) is 11.1. The SMILES string of the molecule is CCN(CC)C1C2c3ccccc3C([n+]3ccccc32)C1(C)C. The van der Waals surface area contributed by atoms with E-state index in [1.165, 1.54) is 11.3 Å². The molecule has 3 heterocycles. The minimum absolute atomic E-state index is 0.212. The summed E-state index contributed by atoms with van der Waals surface area (Å²) in [5.74, 6) is 0.465. The van der Waals surface area contributed by atoms with Gasteiger partial charge in [0.15, 0.2) is 17.9 Å². The quantitative estimate of drug-likeness (QED) is 0.783. The van der Waals surface area contributed by atoms with E-state index in [2.05, 4.69) is 85.8 Å². The van der Waals surface area contributed by atoms with Crippen molar-refractivity contribution in [3.05, 3.63) is 65.5 Å². The maximum absolute atomic E-state index is 2.67. The standard InChI is InChI=1S/C21H27N2/c1-5-22(6-2)20-18-15-11-7-8-12-16(15)19(21(20,3)4)23-14-10-9-13-17(18)23/h7-14,18-20H,5-6H2,1-4H3/q+1. The van der Waals surface area contributed by atoms with Gasteiger partial charge in [-0.2, -0.15) is 4.57 Å². The predicted octanol–water partition coefficient (Wildman–Crippen LogP) is 3.76. The molecule has 2 aliphatic heterocycles. The average Bonchev–Trinajstić information content (AvgIpc) is 2.57. The summed E-state index contributed by atoms with van der Waals surface area (Å²) in [6, 6.07) is 16.8. The summed E-state index contributed by atoms with van der Waals surface area (Å²) in [4.78, 5) is 2.67. The Labute approximate surface area is 139 Å². The smallest absolute Gasteiger partial charge is 0.191 e. The van der Waals surface area contributed by atoms with Crippen LogP contribution in [0.4, 0.5) is 0 Å².